The van der Waals surface area contributed by atoms with Gasteiger partial charge in [-0.15, -0.1) is 0 Å². The SMILES string of the molecule is CC[C@H](Nc1cc(OC)ncn1)c1cnn(C)c1. The summed E-state index contributed by atoms with van der Waals surface area (Å²) < 4.78 is 6.86. The van der Waals surface area contributed by atoms with E-state index in [1.807, 2.05) is 19.4 Å². The zero-order chi connectivity index (χ0) is 13.0. The third-order valence-electron chi connectivity index (χ3n) is 2.71. The molecule has 2 heterocycles. The summed E-state index contributed by atoms with van der Waals surface area (Å²) in [5.41, 5.74) is 1.14. The normalized spacial score (nSPS) is 12.2. The molecule has 0 fully saturated rings. The summed E-state index contributed by atoms with van der Waals surface area (Å²) in [4.78, 5) is 8.16. The molecule has 2 rings (SSSR count). The first-order chi connectivity index (χ1) is 8.72. The molecule has 1 N–H and O–H groups in total. The Morgan fingerprint density at radius 2 is 2.28 bits per heavy atom. The number of aromatic nitrogens is 4. The third kappa shape index (κ3) is 2.77. The van der Waals surface area contributed by atoms with Gasteiger partial charge in [0.15, 0.2) is 0 Å². The van der Waals surface area contributed by atoms with Crippen LogP contribution in [-0.2, 0) is 7.05 Å². The molecule has 0 saturated carbocycles. The van der Waals surface area contributed by atoms with Gasteiger partial charge >= 0.3 is 0 Å². The van der Waals surface area contributed by atoms with Crippen molar-refractivity contribution in [3.05, 3.63) is 30.4 Å². The molecule has 0 aromatic carbocycles. The minimum atomic E-state index is 0.179. The fraction of sp³-hybridized carbons (Fsp3) is 0.417. The highest BCUT2D eigenvalue weighted by Gasteiger charge is 2.12. The number of hydrogen-bond acceptors (Lipinski definition) is 5. The van der Waals surface area contributed by atoms with E-state index in [9.17, 15) is 0 Å². The van der Waals surface area contributed by atoms with Gasteiger partial charge in [-0.05, 0) is 6.42 Å². The lowest BCUT2D eigenvalue weighted by atomic mass is 10.1. The predicted molar refractivity (Wildman–Crippen MR) is 68.4 cm³/mol. The lowest BCUT2D eigenvalue weighted by Gasteiger charge is -2.16. The summed E-state index contributed by atoms with van der Waals surface area (Å²) >= 11 is 0. The zero-order valence-corrected chi connectivity index (χ0v) is 10.8. The van der Waals surface area contributed by atoms with E-state index in [0.717, 1.165) is 17.8 Å². The molecule has 6 nitrogen and oxygen atoms in total. The number of nitrogens with zero attached hydrogens (tertiary/aromatic N) is 4. The predicted octanol–water partition coefficient (Wildman–Crippen LogP) is 1.78. The summed E-state index contributed by atoms with van der Waals surface area (Å²) in [5.74, 6) is 1.30. The van der Waals surface area contributed by atoms with Crippen LogP contribution in [0, 0.1) is 0 Å². The van der Waals surface area contributed by atoms with Gasteiger partial charge in [0.25, 0.3) is 0 Å². The van der Waals surface area contributed by atoms with Gasteiger partial charge in [0.2, 0.25) is 5.88 Å². The molecular weight excluding hydrogens is 230 g/mol. The second-order valence-electron chi connectivity index (χ2n) is 4.00. The van der Waals surface area contributed by atoms with Crippen molar-refractivity contribution in [3.8, 4) is 5.88 Å². The first-order valence-electron chi connectivity index (χ1n) is 5.84. The molecule has 0 saturated heterocycles. The molecule has 0 aliphatic rings. The Bertz CT molecular complexity index is 511. The standard InChI is InChI=1S/C12H17N5O/c1-4-10(9-6-15-17(2)7-9)16-11-5-12(18-3)14-8-13-11/h5-8,10H,4H2,1-3H3,(H,13,14,16)/t10-/m0/s1. The lowest BCUT2D eigenvalue weighted by molar-refractivity contribution is 0.397. The number of methoxy groups -OCH3 is 1. The van der Waals surface area contributed by atoms with Gasteiger partial charge in [-0.3, -0.25) is 4.68 Å². The topological polar surface area (TPSA) is 64.9 Å². The molecule has 96 valence electrons. The average Bonchev–Trinajstić information content (AvgIpc) is 2.82. The first-order valence-corrected chi connectivity index (χ1v) is 5.84. The number of aryl methyl sites for hydroxylation is 1. The van der Waals surface area contributed by atoms with E-state index in [1.165, 1.54) is 6.33 Å². The molecule has 0 bridgehead atoms. The summed E-state index contributed by atoms with van der Waals surface area (Å²) in [7, 11) is 3.49. The van der Waals surface area contributed by atoms with Crippen molar-refractivity contribution in [3.63, 3.8) is 0 Å². The fourth-order valence-corrected chi connectivity index (χ4v) is 1.75. The van der Waals surface area contributed by atoms with Crippen LogP contribution >= 0.6 is 0 Å². The van der Waals surface area contributed by atoms with Gasteiger partial charge in [-0.1, -0.05) is 6.92 Å². The summed E-state index contributed by atoms with van der Waals surface area (Å²) in [6.07, 6.45) is 6.29. The Balaban J connectivity index is 2.14. The van der Waals surface area contributed by atoms with Crippen LogP contribution in [-0.4, -0.2) is 26.9 Å². The zero-order valence-electron chi connectivity index (χ0n) is 10.8. The second kappa shape index (κ2) is 5.48. The number of hydrogen-bond donors (Lipinski definition) is 1. The molecule has 6 heteroatoms. The third-order valence-corrected chi connectivity index (χ3v) is 2.71. The van der Waals surface area contributed by atoms with Crippen LogP contribution < -0.4 is 10.1 Å². The Kier molecular flexibility index (Phi) is 3.76. The van der Waals surface area contributed by atoms with E-state index in [-0.39, 0.29) is 6.04 Å². The van der Waals surface area contributed by atoms with Gasteiger partial charge in [-0.25, -0.2) is 9.97 Å². The van der Waals surface area contributed by atoms with Crippen LogP contribution in [0.4, 0.5) is 5.82 Å². The van der Waals surface area contributed by atoms with Crippen molar-refractivity contribution in [2.24, 2.45) is 7.05 Å². The van der Waals surface area contributed by atoms with Crippen molar-refractivity contribution in [1.82, 2.24) is 19.7 Å². The van der Waals surface area contributed by atoms with Crippen LogP contribution in [0.2, 0.25) is 0 Å². The van der Waals surface area contributed by atoms with Gasteiger partial charge in [-0.2, -0.15) is 5.10 Å². The van der Waals surface area contributed by atoms with Gasteiger partial charge in [0.05, 0.1) is 19.3 Å². The minimum Gasteiger partial charge on any atom is -0.481 e. The molecule has 0 spiro atoms. The maximum Gasteiger partial charge on any atom is 0.218 e. The van der Waals surface area contributed by atoms with Crippen LogP contribution in [0.15, 0.2) is 24.8 Å². The Labute approximate surface area is 106 Å². The van der Waals surface area contributed by atoms with E-state index < -0.39 is 0 Å². The van der Waals surface area contributed by atoms with E-state index in [4.69, 9.17) is 4.74 Å². The Morgan fingerprint density at radius 1 is 1.44 bits per heavy atom. The molecule has 18 heavy (non-hydrogen) atoms. The molecular formula is C12H17N5O. The van der Waals surface area contributed by atoms with Crippen LogP contribution in [0.5, 0.6) is 5.88 Å². The van der Waals surface area contributed by atoms with E-state index in [1.54, 1.807) is 17.9 Å². The van der Waals surface area contributed by atoms with Crippen LogP contribution in [0.1, 0.15) is 24.9 Å². The molecule has 2 aromatic heterocycles. The first kappa shape index (κ1) is 12.3. The van der Waals surface area contributed by atoms with Gasteiger partial charge in [0, 0.05) is 24.9 Å². The van der Waals surface area contributed by atoms with E-state index in [2.05, 4.69) is 27.3 Å². The monoisotopic (exact) mass is 247 g/mol. The fourth-order valence-electron chi connectivity index (χ4n) is 1.75. The molecule has 0 aliphatic carbocycles. The molecule has 0 radical (unpaired) electrons. The molecule has 2 aromatic rings. The molecule has 0 aliphatic heterocycles. The lowest BCUT2D eigenvalue weighted by Crippen LogP contribution is -2.10. The Morgan fingerprint density at radius 3 is 2.89 bits per heavy atom. The highest BCUT2D eigenvalue weighted by molar-refractivity contribution is 5.39. The summed E-state index contributed by atoms with van der Waals surface area (Å²) in [6.45, 7) is 2.11. The van der Waals surface area contributed by atoms with E-state index >= 15 is 0 Å². The van der Waals surface area contributed by atoms with E-state index in [0.29, 0.717) is 5.88 Å². The number of rotatable bonds is 5. The highest BCUT2D eigenvalue weighted by atomic mass is 16.5. The summed E-state index contributed by atoms with van der Waals surface area (Å²) in [6, 6.07) is 1.96. The van der Waals surface area contributed by atoms with Crippen molar-refractivity contribution >= 4 is 5.82 Å². The molecule has 0 amide bonds. The largest absolute Gasteiger partial charge is 0.481 e. The van der Waals surface area contributed by atoms with Crippen LogP contribution in [0.3, 0.4) is 0 Å². The quantitative estimate of drug-likeness (QED) is 0.872. The second-order valence-corrected chi connectivity index (χ2v) is 4.00. The molecule has 1 atom stereocenters. The van der Waals surface area contributed by atoms with Crippen molar-refractivity contribution in [2.75, 3.05) is 12.4 Å². The van der Waals surface area contributed by atoms with Crippen LogP contribution in [0.25, 0.3) is 0 Å². The van der Waals surface area contributed by atoms with Gasteiger partial charge in [0.1, 0.15) is 12.1 Å². The summed E-state index contributed by atoms with van der Waals surface area (Å²) in [5, 5.41) is 7.53. The average molecular weight is 247 g/mol. The molecule has 0 unspecified atom stereocenters. The Hall–Kier alpha value is -2.11. The minimum absolute atomic E-state index is 0.179. The maximum atomic E-state index is 5.07. The van der Waals surface area contributed by atoms with Crippen molar-refractivity contribution in [2.45, 2.75) is 19.4 Å². The number of ether oxygens (including phenoxy) is 1. The smallest absolute Gasteiger partial charge is 0.218 e. The maximum absolute atomic E-state index is 5.07. The van der Waals surface area contributed by atoms with Crippen molar-refractivity contribution < 1.29 is 4.74 Å². The van der Waals surface area contributed by atoms with Crippen molar-refractivity contribution in [1.29, 1.82) is 0 Å². The van der Waals surface area contributed by atoms with Gasteiger partial charge < -0.3 is 10.1 Å². The highest BCUT2D eigenvalue weighted by Crippen LogP contribution is 2.21. The number of anilines is 1. The number of nitrogens with one attached hydrogen (secondary N) is 1.